The van der Waals surface area contributed by atoms with E-state index in [4.69, 9.17) is 16.3 Å². The molecule has 90 valence electrons. The number of halogens is 1. The molecule has 0 atom stereocenters. The van der Waals surface area contributed by atoms with Crippen LogP contribution in [0.15, 0.2) is 18.2 Å². The molecule has 0 spiro atoms. The Hall–Kier alpha value is -0.770. The van der Waals surface area contributed by atoms with Gasteiger partial charge < -0.3 is 14.7 Å². The number of aliphatic hydroxyl groups excluding tert-OH is 1. The van der Waals surface area contributed by atoms with Gasteiger partial charge in [0.25, 0.3) is 0 Å². The van der Waals surface area contributed by atoms with E-state index in [-0.39, 0.29) is 6.61 Å². The molecule has 0 amide bonds. The van der Waals surface area contributed by atoms with Gasteiger partial charge in [-0.25, -0.2) is 0 Å². The minimum absolute atomic E-state index is 0.0381. The summed E-state index contributed by atoms with van der Waals surface area (Å²) in [5, 5.41) is 9.89. The van der Waals surface area contributed by atoms with Gasteiger partial charge in [0.05, 0.1) is 6.61 Å². The van der Waals surface area contributed by atoms with E-state index in [0.717, 1.165) is 30.8 Å². The predicted octanol–water partition coefficient (Wildman–Crippen LogP) is 2.31. The van der Waals surface area contributed by atoms with E-state index in [9.17, 15) is 5.11 Å². The van der Waals surface area contributed by atoms with E-state index in [1.807, 2.05) is 19.2 Å². The van der Waals surface area contributed by atoms with E-state index >= 15 is 0 Å². The van der Waals surface area contributed by atoms with Crippen molar-refractivity contribution in [1.82, 2.24) is 0 Å². The summed E-state index contributed by atoms with van der Waals surface area (Å²) < 4.78 is 5.01. The summed E-state index contributed by atoms with van der Waals surface area (Å²) in [6, 6.07) is 5.65. The minimum atomic E-state index is -0.0381. The average Bonchev–Trinajstić information content (AvgIpc) is 2.29. The number of anilines is 1. The molecule has 4 heteroatoms. The van der Waals surface area contributed by atoms with Crippen LogP contribution in [0.3, 0.4) is 0 Å². The minimum Gasteiger partial charge on any atom is -0.392 e. The molecule has 1 aromatic rings. The van der Waals surface area contributed by atoms with Gasteiger partial charge in [-0.2, -0.15) is 0 Å². The quantitative estimate of drug-likeness (QED) is 0.779. The molecular weight excluding hydrogens is 226 g/mol. The van der Waals surface area contributed by atoms with Crippen LogP contribution in [-0.2, 0) is 11.3 Å². The zero-order chi connectivity index (χ0) is 12.0. The Kier molecular flexibility index (Phi) is 5.60. The molecule has 1 N–H and O–H groups in total. The summed E-state index contributed by atoms with van der Waals surface area (Å²) >= 11 is 6.02. The van der Waals surface area contributed by atoms with E-state index in [2.05, 4.69) is 4.90 Å². The van der Waals surface area contributed by atoms with E-state index in [1.165, 1.54) is 0 Å². The number of hydrogen-bond acceptors (Lipinski definition) is 3. The maximum absolute atomic E-state index is 9.28. The number of nitrogens with zero attached hydrogens (tertiary/aromatic N) is 1. The summed E-state index contributed by atoms with van der Waals surface area (Å²) in [4.78, 5) is 2.08. The third kappa shape index (κ3) is 3.37. The largest absolute Gasteiger partial charge is 0.392 e. The number of benzene rings is 1. The number of hydrogen-bond donors (Lipinski definition) is 1. The maximum atomic E-state index is 9.28. The Labute approximate surface area is 102 Å². The van der Waals surface area contributed by atoms with Gasteiger partial charge in [-0.1, -0.05) is 17.7 Å². The van der Waals surface area contributed by atoms with Crippen LogP contribution in [0.1, 0.15) is 12.0 Å². The van der Waals surface area contributed by atoms with E-state index < -0.39 is 0 Å². The lowest BCUT2D eigenvalue weighted by Crippen LogP contribution is -2.21. The molecule has 0 aromatic heterocycles. The predicted molar refractivity (Wildman–Crippen MR) is 67.1 cm³/mol. The standard InChI is InChI=1S/C12H18ClNO2/c1-14(7-4-8-16-2)12-6-3-5-11(13)10(12)9-15/h3,5-6,15H,4,7-9H2,1-2H3. The Morgan fingerprint density at radius 1 is 1.44 bits per heavy atom. The summed E-state index contributed by atoms with van der Waals surface area (Å²) in [5.74, 6) is 0. The van der Waals surface area contributed by atoms with Crippen LogP contribution in [0.25, 0.3) is 0 Å². The first kappa shape index (κ1) is 13.3. The molecule has 3 nitrogen and oxygen atoms in total. The van der Waals surface area contributed by atoms with Crippen molar-refractivity contribution < 1.29 is 9.84 Å². The highest BCUT2D eigenvalue weighted by molar-refractivity contribution is 6.31. The topological polar surface area (TPSA) is 32.7 Å². The van der Waals surface area contributed by atoms with Gasteiger partial charge >= 0.3 is 0 Å². The highest BCUT2D eigenvalue weighted by Crippen LogP contribution is 2.26. The van der Waals surface area contributed by atoms with Crippen molar-refractivity contribution >= 4 is 17.3 Å². The van der Waals surface area contributed by atoms with Crippen LogP contribution < -0.4 is 4.90 Å². The van der Waals surface area contributed by atoms with Crippen molar-refractivity contribution in [2.45, 2.75) is 13.0 Å². The van der Waals surface area contributed by atoms with Crippen molar-refractivity contribution in [1.29, 1.82) is 0 Å². The smallest absolute Gasteiger partial charge is 0.0716 e. The third-order valence-corrected chi connectivity index (χ3v) is 2.86. The van der Waals surface area contributed by atoms with Crippen LogP contribution in [0.4, 0.5) is 5.69 Å². The maximum Gasteiger partial charge on any atom is 0.0716 e. The van der Waals surface area contributed by atoms with Gasteiger partial charge in [0.15, 0.2) is 0 Å². The second-order valence-electron chi connectivity index (χ2n) is 3.66. The van der Waals surface area contributed by atoms with Crippen LogP contribution in [0.5, 0.6) is 0 Å². The summed E-state index contributed by atoms with van der Waals surface area (Å²) in [6.07, 6.45) is 0.949. The fourth-order valence-corrected chi connectivity index (χ4v) is 1.86. The molecular formula is C12H18ClNO2. The second kappa shape index (κ2) is 6.74. The zero-order valence-electron chi connectivity index (χ0n) is 9.74. The highest BCUT2D eigenvalue weighted by atomic mass is 35.5. The first-order valence-electron chi connectivity index (χ1n) is 5.29. The fraction of sp³-hybridized carbons (Fsp3) is 0.500. The Morgan fingerprint density at radius 3 is 2.81 bits per heavy atom. The Bertz CT molecular complexity index is 331. The Balaban J connectivity index is 2.74. The van der Waals surface area contributed by atoms with Crippen molar-refractivity contribution in [2.75, 3.05) is 32.2 Å². The molecule has 0 bridgehead atoms. The molecule has 16 heavy (non-hydrogen) atoms. The van der Waals surface area contributed by atoms with Crippen molar-refractivity contribution in [3.8, 4) is 0 Å². The molecule has 0 fully saturated rings. The summed E-state index contributed by atoms with van der Waals surface area (Å²) in [7, 11) is 3.68. The zero-order valence-corrected chi connectivity index (χ0v) is 10.5. The monoisotopic (exact) mass is 243 g/mol. The van der Waals surface area contributed by atoms with Gasteiger partial charge in [0.2, 0.25) is 0 Å². The van der Waals surface area contributed by atoms with Gasteiger partial charge in [-0.05, 0) is 18.6 Å². The molecule has 0 heterocycles. The normalized spacial score (nSPS) is 10.5. The molecule has 0 aliphatic carbocycles. The van der Waals surface area contributed by atoms with Crippen molar-refractivity contribution in [3.05, 3.63) is 28.8 Å². The summed E-state index contributed by atoms with van der Waals surface area (Å²) in [5.41, 5.74) is 1.76. The lowest BCUT2D eigenvalue weighted by molar-refractivity contribution is 0.196. The SMILES string of the molecule is COCCCN(C)c1cccc(Cl)c1CO. The molecule has 0 radical (unpaired) electrons. The fourth-order valence-electron chi connectivity index (χ4n) is 1.63. The van der Waals surface area contributed by atoms with Crippen LogP contribution in [0, 0.1) is 0 Å². The van der Waals surface area contributed by atoms with Gasteiger partial charge in [0, 0.05) is 43.6 Å². The van der Waals surface area contributed by atoms with E-state index in [0.29, 0.717) is 5.02 Å². The molecule has 1 rings (SSSR count). The lowest BCUT2D eigenvalue weighted by Gasteiger charge is -2.22. The van der Waals surface area contributed by atoms with Crippen molar-refractivity contribution in [2.24, 2.45) is 0 Å². The van der Waals surface area contributed by atoms with Gasteiger partial charge in [-0.3, -0.25) is 0 Å². The molecule has 0 saturated heterocycles. The number of methoxy groups -OCH3 is 1. The van der Waals surface area contributed by atoms with Crippen LogP contribution in [0.2, 0.25) is 5.02 Å². The van der Waals surface area contributed by atoms with E-state index in [1.54, 1.807) is 13.2 Å². The van der Waals surface area contributed by atoms with Crippen LogP contribution in [-0.4, -0.2) is 32.4 Å². The van der Waals surface area contributed by atoms with Crippen molar-refractivity contribution in [3.63, 3.8) is 0 Å². The van der Waals surface area contributed by atoms with Gasteiger partial charge in [0.1, 0.15) is 0 Å². The van der Waals surface area contributed by atoms with Gasteiger partial charge in [-0.15, -0.1) is 0 Å². The number of rotatable bonds is 6. The molecule has 0 saturated carbocycles. The molecule has 1 aromatic carbocycles. The number of ether oxygens (including phenoxy) is 1. The third-order valence-electron chi connectivity index (χ3n) is 2.51. The summed E-state index contributed by atoms with van der Waals surface area (Å²) in [6.45, 7) is 1.57. The highest BCUT2D eigenvalue weighted by Gasteiger charge is 2.09. The first-order chi connectivity index (χ1) is 7.70. The molecule has 0 aliphatic heterocycles. The van der Waals surface area contributed by atoms with Crippen LogP contribution >= 0.6 is 11.6 Å². The first-order valence-corrected chi connectivity index (χ1v) is 5.66. The molecule has 0 unspecified atom stereocenters. The number of aliphatic hydroxyl groups is 1. The average molecular weight is 244 g/mol. The molecule has 0 aliphatic rings. The second-order valence-corrected chi connectivity index (χ2v) is 4.07. The Morgan fingerprint density at radius 2 is 2.19 bits per heavy atom. The lowest BCUT2D eigenvalue weighted by atomic mass is 10.1.